The number of ether oxygens (including phenoxy) is 1. The lowest BCUT2D eigenvalue weighted by atomic mass is 10.2. The van der Waals surface area contributed by atoms with Crippen molar-refractivity contribution in [3.63, 3.8) is 0 Å². The number of rotatable bonds is 7. The van der Waals surface area contributed by atoms with Gasteiger partial charge in [0.25, 0.3) is 0 Å². The van der Waals surface area contributed by atoms with Crippen LogP contribution >= 0.6 is 11.3 Å². The normalized spacial score (nSPS) is 11.1. The number of amides is 1. The molecule has 0 spiro atoms. The molecule has 0 bridgehead atoms. The van der Waals surface area contributed by atoms with Crippen molar-refractivity contribution >= 4 is 23.2 Å². The summed E-state index contributed by atoms with van der Waals surface area (Å²) in [6, 6.07) is 7.57. The Hall–Kier alpha value is -2.61. The number of aromatic nitrogens is 1. The van der Waals surface area contributed by atoms with Gasteiger partial charge in [-0.3, -0.25) is 9.79 Å². The highest BCUT2D eigenvalue weighted by Gasteiger charge is 2.05. The molecule has 0 radical (unpaired) electrons. The van der Waals surface area contributed by atoms with Crippen LogP contribution in [0.3, 0.4) is 0 Å². The Morgan fingerprint density at radius 1 is 1.20 bits per heavy atom. The molecule has 0 saturated heterocycles. The Kier molecular flexibility index (Phi) is 7.21. The van der Waals surface area contributed by atoms with Gasteiger partial charge in [-0.1, -0.05) is 12.1 Å². The molecule has 25 heavy (non-hydrogen) atoms. The number of carbonyl (C=O) groups excluding carboxylic acids is 1. The van der Waals surface area contributed by atoms with Crippen LogP contribution in [0.15, 0.2) is 35.5 Å². The summed E-state index contributed by atoms with van der Waals surface area (Å²) in [4.78, 5) is 21.5. The van der Waals surface area contributed by atoms with Crippen LogP contribution in [0, 0.1) is 6.92 Å². The molecule has 1 heterocycles. The van der Waals surface area contributed by atoms with Crippen LogP contribution in [0.25, 0.3) is 0 Å². The predicted molar refractivity (Wildman–Crippen MR) is 99.9 cm³/mol. The van der Waals surface area contributed by atoms with E-state index in [1.165, 1.54) is 0 Å². The quantitative estimate of drug-likeness (QED) is 0.513. The highest BCUT2D eigenvalue weighted by Crippen LogP contribution is 2.11. The number of aliphatic imine (C=N–C) groups is 1. The lowest BCUT2D eigenvalue weighted by Crippen LogP contribution is -2.42. The number of aryl methyl sites for hydroxylation is 1. The zero-order chi connectivity index (χ0) is 18.1. The molecule has 1 amide bonds. The van der Waals surface area contributed by atoms with Crippen molar-refractivity contribution < 1.29 is 9.53 Å². The Morgan fingerprint density at radius 2 is 1.96 bits per heavy atom. The van der Waals surface area contributed by atoms with Crippen LogP contribution in [0.1, 0.15) is 15.4 Å². The van der Waals surface area contributed by atoms with Gasteiger partial charge in [0.15, 0.2) is 5.96 Å². The summed E-state index contributed by atoms with van der Waals surface area (Å²) in [6.45, 7) is 3.20. The Labute approximate surface area is 151 Å². The Bertz CT molecular complexity index is 712. The number of hydrogen-bond acceptors (Lipinski definition) is 5. The zero-order valence-electron chi connectivity index (χ0n) is 14.6. The van der Waals surface area contributed by atoms with E-state index < -0.39 is 0 Å². The summed E-state index contributed by atoms with van der Waals surface area (Å²) in [5, 5.41) is 9.95. The van der Waals surface area contributed by atoms with E-state index in [9.17, 15) is 4.79 Å². The lowest BCUT2D eigenvalue weighted by molar-refractivity contribution is -0.120. The zero-order valence-corrected chi connectivity index (χ0v) is 15.4. The highest BCUT2D eigenvalue weighted by atomic mass is 32.1. The van der Waals surface area contributed by atoms with Crippen molar-refractivity contribution in [3.8, 4) is 5.75 Å². The lowest BCUT2D eigenvalue weighted by Gasteiger charge is -2.11. The van der Waals surface area contributed by atoms with Crippen LogP contribution < -0.4 is 20.7 Å². The molecule has 3 N–H and O–H groups in total. The van der Waals surface area contributed by atoms with Crippen LogP contribution in [0.5, 0.6) is 5.75 Å². The van der Waals surface area contributed by atoms with E-state index in [0.717, 1.165) is 21.2 Å². The monoisotopic (exact) mass is 361 g/mol. The van der Waals surface area contributed by atoms with Crippen molar-refractivity contribution in [1.82, 2.24) is 20.9 Å². The molecule has 0 aliphatic carbocycles. The number of hydrogen-bond donors (Lipinski definition) is 3. The molecule has 0 aliphatic rings. The van der Waals surface area contributed by atoms with Gasteiger partial charge in [0.2, 0.25) is 5.91 Å². The molecular weight excluding hydrogens is 338 g/mol. The van der Waals surface area contributed by atoms with Crippen molar-refractivity contribution in [1.29, 1.82) is 0 Å². The molecule has 7 nitrogen and oxygen atoms in total. The van der Waals surface area contributed by atoms with Crippen molar-refractivity contribution in [2.24, 2.45) is 4.99 Å². The molecule has 1 aromatic carbocycles. The van der Waals surface area contributed by atoms with Crippen molar-refractivity contribution in [2.45, 2.75) is 20.0 Å². The molecule has 0 atom stereocenters. The molecule has 2 aromatic rings. The van der Waals surface area contributed by atoms with Gasteiger partial charge in [-0.25, -0.2) is 4.98 Å². The molecule has 1 aromatic heterocycles. The van der Waals surface area contributed by atoms with E-state index in [-0.39, 0.29) is 12.5 Å². The van der Waals surface area contributed by atoms with E-state index >= 15 is 0 Å². The van der Waals surface area contributed by atoms with Crippen molar-refractivity contribution in [2.75, 3.05) is 20.7 Å². The Morgan fingerprint density at radius 3 is 2.56 bits per heavy atom. The summed E-state index contributed by atoms with van der Waals surface area (Å²) in [6.07, 6.45) is 1.84. The molecular formula is C17H23N5O2S. The number of nitrogens with zero attached hydrogens (tertiary/aromatic N) is 2. The highest BCUT2D eigenvalue weighted by molar-refractivity contribution is 7.11. The van der Waals surface area contributed by atoms with Crippen LogP contribution in [-0.4, -0.2) is 37.6 Å². The largest absolute Gasteiger partial charge is 0.497 e. The standard InChI is InChI=1S/C17H23N5O2S/c1-12-8-20-16(25-12)11-22-17(18-2)21-10-15(23)19-9-13-4-6-14(24-3)7-5-13/h4-8H,9-11H2,1-3H3,(H,19,23)(H2,18,21,22). The molecule has 0 unspecified atom stereocenters. The molecule has 8 heteroatoms. The summed E-state index contributed by atoms with van der Waals surface area (Å²) in [5.74, 6) is 1.25. The van der Waals surface area contributed by atoms with Gasteiger partial charge < -0.3 is 20.7 Å². The van der Waals surface area contributed by atoms with Gasteiger partial charge in [0.1, 0.15) is 10.8 Å². The number of carbonyl (C=O) groups is 1. The number of guanidine groups is 1. The fraction of sp³-hybridized carbons (Fsp3) is 0.353. The molecule has 0 fully saturated rings. The summed E-state index contributed by atoms with van der Waals surface area (Å²) < 4.78 is 5.11. The van der Waals surface area contributed by atoms with E-state index in [1.807, 2.05) is 37.4 Å². The van der Waals surface area contributed by atoms with Gasteiger partial charge in [0.05, 0.1) is 20.2 Å². The second kappa shape index (κ2) is 9.63. The minimum absolute atomic E-state index is 0.108. The third-order valence-electron chi connectivity index (χ3n) is 3.36. The van der Waals surface area contributed by atoms with Crippen LogP contribution in [0.2, 0.25) is 0 Å². The fourth-order valence-electron chi connectivity index (χ4n) is 2.03. The summed E-state index contributed by atoms with van der Waals surface area (Å²) >= 11 is 1.63. The molecule has 134 valence electrons. The molecule has 2 rings (SSSR count). The first-order chi connectivity index (χ1) is 12.1. The van der Waals surface area contributed by atoms with Gasteiger partial charge in [-0.05, 0) is 24.6 Å². The first-order valence-electron chi connectivity index (χ1n) is 7.86. The average Bonchev–Trinajstić information content (AvgIpc) is 3.05. The van der Waals surface area contributed by atoms with Gasteiger partial charge in [-0.2, -0.15) is 0 Å². The van der Waals surface area contributed by atoms with Gasteiger partial charge in [0, 0.05) is 24.7 Å². The van der Waals surface area contributed by atoms with Crippen molar-refractivity contribution in [3.05, 3.63) is 45.9 Å². The van der Waals surface area contributed by atoms with Gasteiger partial charge in [-0.15, -0.1) is 11.3 Å². The number of thiazole rings is 1. The average molecular weight is 361 g/mol. The number of nitrogens with one attached hydrogen (secondary N) is 3. The topological polar surface area (TPSA) is 87.6 Å². The van der Waals surface area contributed by atoms with Gasteiger partial charge >= 0.3 is 0 Å². The predicted octanol–water partition coefficient (Wildman–Crippen LogP) is 1.44. The molecule has 0 saturated carbocycles. The molecule has 0 aliphatic heterocycles. The van der Waals surface area contributed by atoms with Crippen LogP contribution in [-0.2, 0) is 17.9 Å². The van der Waals surface area contributed by atoms with Crippen LogP contribution in [0.4, 0.5) is 0 Å². The summed E-state index contributed by atoms with van der Waals surface area (Å²) in [7, 11) is 3.29. The maximum absolute atomic E-state index is 11.9. The smallest absolute Gasteiger partial charge is 0.239 e. The fourth-order valence-corrected chi connectivity index (χ4v) is 2.76. The van der Waals surface area contributed by atoms with E-state index in [0.29, 0.717) is 19.0 Å². The second-order valence-electron chi connectivity index (χ2n) is 5.27. The number of methoxy groups -OCH3 is 1. The summed E-state index contributed by atoms with van der Waals surface area (Å²) in [5.41, 5.74) is 1.01. The third-order valence-corrected chi connectivity index (χ3v) is 4.28. The SMILES string of the molecule is CN=C(NCC(=O)NCc1ccc(OC)cc1)NCc1ncc(C)s1. The first-order valence-corrected chi connectivity index (χ1v) is 8.68. The minimum Gasteiger partial charge on any atom is -0.497 e. The first kappa shape index (κ1) is 18.7. The maximum atomic E-state index is 11.9. The third kappa shape index (κ3) is 6.42. The maximum Gasteiger partial charge on any atom is 0.239 e. The van der Waals surface area contributed by atoms with E-state index in [4.69, 9.17) is 4.74 Å². The van der Waals surface area contributed by atoms with E-state index in [1.54, 1.807) is 25.5 Å². The Balaban J connectivity index is 1.70. The number of benzene rings is 1. The minimum atomic E-state index is -0.108. The second-order valence-corrected chi connectivity index (χ2v) is 6.59. The van der Waals surface area contributed by atoms with E-state index in [2.05, 4.69) is 25.9 Å².